The number of likely N-dealkylation sites (N-methyl/N-ethyl adjacent to an activating group) is 1. The van der Waals surface area contributed by atoms with Gasteiger partial charge < -0.3 is 4.42 Å². The quantitative estimate of drug-likeness (QED) is 0.760. The van der Waals surface area contributed by atoms with E-state index in [9.17, 15) is 4.79 Å². The summed E-state index contributed by atoms with van der Waals surface area (Å²) in [6.45, 7) is 2.72. The van der Waals surface area contributed by atoms with E-state index < -0.39 is 0 Å². The minimum atomic E-state index is -0.149. The molecule has 0 saturated heterocycles. The SMILES string of the molecule is CC1CCC(N(C)CC(=O)N2N=C(c3cccs3)C[C@H]2c2ccco2)CC1. The zero-order valence-electron chi connectivity index (χ0n) is 16.0. The van der Waals surface area contributed by atoms with Gasteiger partial charge in [-0.15, -0.1) is 11.3 Å². The fraction of sp³-hybridized carbons (Fsp3) is 0.524. The van der Waals surface area contributed by atoms with E-state index in [4.69, 9.17) is 9.52 Å². The molecule has 0 unspecified atom stereocenters. The highest BCUT2D eigenvalue weighted by Gasteiger charge is 2.36. The van der Waals surface area contributed by atoms with Crippen LogP contribution in [0.4, 0.5) is 0 Å². The molecule has 3 heterocycles. The third-order valence-electron chi connectivity index (χ3n) is 5.84. The van der Waals surface area contributed by atoms with Crippen molar-refractivity contribution in [2.45, 2.75) is 51.1 Å². The van der Waals surface area contributed by atoms with E-state index in [0.29, 0.717) is 19.0 Å². The lowest BCUT2D eigenvalue weighted by Gasteiger charge is -2.34. The van der Waals surface area contributed by atoms with Crippen LogP contribution in [0, 0.1) is 5.92 Å². The maximum Gasteiger partial charge on any atom is 0.257 e. The second-order valence-electron chi connectivity index (χ2n) is 7.83. The van der Waals surface area contributed by atoms with Gasteiger partial charge in [0.2, 0.25) is 0 Å². The van der Waals surface area contributed by atoms with Crippen molar-refractivity contribution >= 4 is 23.0 Å². The smallest absolute Gasteiger partial charge is 0.257 e. The number of carbonyl (C=O) groups excluding carboxylic acids is 1. The first-order valence-corrected chi connectivity index (χ1v) is 10.7. The standard InChI is InChI=1S/C21H27N3O2S/c1-15-7-9-16(10-8-15)23(2)14-21(25)24-18(19-5-3-11-26-19)13-17(22-24)20-6-4-12-27-20/h3-6,11-12,15-16,18H,7-10,13-14H2,1-2H3/t15?,16?,18-/m0/s1. The van der Waals surface area contributed by atoms with Gasteiger partial charge in [-0.3, -0.25) is 9.69 Å². The first-order valence-electron chi connectivity index (χ1n) is 9.79. The molecule has 2 aromatic rings. The summed E-state index contributed by atoms with van der Waals surface area (Å²) in [6.07, 6.45) is 7.22. The number of furan rings is 1. The zero-order chi connectivity index (χ0) is 18.8. The molecule has 0 N–H and O–H groups in total. The Hall–Kier alpha value is -1.92. The number of amides is 1. The van der Waals surface area contributed by atoms with E-state index in [0.717, 1.165) is 22.3 Å². The van der Waals surface area contributed by atoms with Crippen molar-refractivity contribution in [2.24, 2.45) is 11.0 Å². The Balaban J connectivity index is 1.49. The summed E-state index contributed by atoms with van der Waals surface area (Å²) >= 11 is 1.66. The molecule has 1 saturated carbocycles. The summed E-state index contributed by atoms with van der Waals surface area (Å²) in [5.41, 5.74) is 0.967. The van der Waals surface area contributed by atoms with Crippen LogP contribution >= 0.6 is 11.3 Å². The van der Waals surface area contributed by atoms with Crippen LogP contribution in [0.25, 0.3) is 0 Å². The molecular weight excluding hydrogens is 358 g/mol. The zero-order valence-corrected chi connectivity index (χ0v) is 16.8. The van der Waals surface area contributed by atoms with Crippen LogP contribution in [0.5, 0.6) is 0 Å². The molecule has 0 aromatic carbocycles. The van der Waals surface area contributed by atoms with Crippen LogP contribution in [-0.4, -0.2) is 41.2 Å². The molecule has 0 bridgehead atoms. The molecule has 1 fully saturated rings. The molecule has 2 aromatic heterocycles. The highest BCUT2D eigenvalue weighted by molar-refractivity contribution is 7.12. The summed E-state index contributed by atoms with van der Waals surface area (Å²) in [4.78, 5) is 16.5. The first-order chi connectivity index (χ1) is 13.1. The summed E-state index contributed by atoms with van der Waals surface area (Å²) in [6, 6.07) is 8.24. The molecule has 1 amide bonds. The highest BCUT2D eigenvalue weighted by Crippen LogP contribution is 2.34. The van der Waals surface area contributed by atoms with Gasteiger partial charge in [0, 0.05) is 12.5 Å². The Kier molecular flexibility index (Phi) is 5.45. The number of thiophene rings is 1. The van der Waals surface area contributed by atoms with Crippen LogP contribution in [0.3, 0.4) is 0 Å². The number of hydrazone groups is 1. The molecule has 144 valence electrons. The minimum absolute atomic E-state index is 0.0454. The lowest BCUT2D eigenvalue weighted by molar-refractivity contribution is -0.135. The molecule has 6 heteroatoms. The monoisotopic (exact) mass is 385 g/mol. The topological polar surface area (TPSA) is 49.1 Å². The van der Waals surface area contributed by atoms with Gasteiger partial charge in [-0.1, -0.05) is 13.0 Å². The second kappa shape index (κ2) is 7.98. The van der Waals surface area contributed by atoms with E-state index in [2.05, 4.69) is 24.9 Å². The molecule has 4 rings (SSSR count). The van der Waals surface area contributed by atoms with Crippen LogP contribution < -0.4 is 0 Å². The van der Waals surface area contributed by atoms with E-state index in [1.165, 1.54) is 25.7 Å². The number of carbonyl (C=O) groups is 1. The second-order valence-corrected chi connectivity index (χ2v) is 8.77. The number of rotatable bonds is 5. The van der Waals surface area contributed by atoms with E-state index in [1.54, 1.807) is 22.6 Å². The van der Waals surface area contributed by atoms with E-state index in [-0.39, 0.29) is 11.9 Å². The van der Waals surface area contributed by atoms with Gasteiger partial charge in [-0.25, -0.2) is 5.01 Å². The normalized spacial score (nSPS) is 25.8. The van der Waals surface area contributed by atoms with Crippen LogP contribution in [0.2, 0.25) is 0 Å². The number of hydrogen-bond donors (Lipinski definition) is 0. The maximum atomic E-state index is 13.1. The van der Waals surface area contributed by atoms with Crippen molar-refractivity contribution in [1.29, 1.82) is 0 Å². The van der Waals surface area contributed by atoms with Gasteiger partial charge >= 0.3 is 0 Å². The predicted molar refractivity (Wildman–Crippen MR) is 108 cm³/mol. The lowest BCUT2D eigenvalue weighted by atomic mass is 9.87. The fourth-order valence-electron chi connectivity index (χ4n) is 4.13. The third kappa shape index (κ3) is 4.01. The fourth-order valence-corrected chi connectivity index (χ4v) is 4.85. The summed E-state index contributed by atoms with van der Waals surface area (Å²) in [5.74, 6) is 1.65. The highest BCUT2D eigenvalue weighted by atomic mass is 32.1. The van der Waals surface area contributed by atoms with Gasteiger partial charge in [0.15, 0.2) is 0 Å². The van der Waals surface area contributed by atoms with Crippen LogP contribution in [0.1, 0.15) is 55.7 Å². The largest absolute Gasteiger partial charge is 0.467 e. The third-order valence-corrected chi connectivity index (χ3v) is 6.76. The van der Waals surface area contributed by atoms with Crippen molar-refractivity contribution in [2.75, 3.05) is 13.6 Å². The molecular formula is C21H27N3O2S. The summed E-state index contributed by atoms with van der Waals surface area (Å²) < 4.78 is 5.62. The molecule has 1 aliphatic carbocycles. The molecule has 2 aliphatic rings. The van der Waals surface area contributed by atoms with Crippen molar-refractivity contribution in [3.63, 3.8) is 0 Å². The lowest BCUT2D eigenvalue weighted by Crippen LogP contribution is -2.42. The number of hydrogen-bond acceptors (Lipinski definition) is 5. The molecule has 5 nitrogen and oxygen atoms in total. The number of nitrogens with zero attached hydrogens (tertiary/aromatic N) is 3. The van der Waals surface area contributed by atoms with Crippen LogP contribution in [0.15, 0.2) is 45.4 Å². The molecule has 1 atom stereocenters. The Morgan fingerprint density at radius 3 is 2.78 bits per heavy atom. The van der Waals surface area contributed by atoms with Crippen molar-refractivity contribution in [3.8, 4) is 0 Å². The van der Waals surface area contributed by atoms with Gasteiger partial charge in [0.25, 0.3) is 5.91 Å². The molecule has 0 radical (unpaired) electrons. The Labute approximate surface area is 164 Å². The predicted octanol–water partition coefficient (Wildman–Crippen LogP) is 4.53. The molecule has 0 spiro atoms. The average Bonchev–Trinajstić information content (AvgIpc) is 3.41. The van der Waals surface area contributed by atoms with E-state index in [1.807, 2.05) is 23.6 Å². The van der Waals surface area contributed by atoms with Gasteiger partial charge in [0.05, 0.1) is 23.4 Å². The van der Waals surface area contributed by atoms with Gasteiger partial charge in [-0.2, -0.15) is 5.10 Å². The van der Waals surface area contributed by atoms with Crippen LogP contribution in [-0.2, 0) is 4.79 Å². The van der Waals surface area contributed by atoms with E-state index >= 15 is 0 Å². The average molecular weight is 386 g/mol. The summed E-state index contributed by atoms with van der Waals surface area (Å²) in [5, 5.41) is 8.39. The minimum Gasteiger partial charge on any atom is -0.467 e. The maximum absolute atomic E-state index is 13.1. The Bertz CT molecular complexity index is 776. The summed E-state index contributed by atoms with van der Waals surface area (Å²) in [7, 11) is 2.07. The van der Waals surface area contributed by atoms with Crippen molar-refractivity contribution in [1.82, 2.24) is 9.91 Å². The Morgan fingerprint density at radius 2 is 2.11 bits per heavy atom. The van der Waals surface area contributed by atoms with Crippen molar-refractivity contribution in [3.05, 3.63) is 46.5 Å². The molecule has 1 aliphatic heterocycles. The Morgan fingerprint density at radius 1 is 1.30 bits per heavy atom. The van der Waals surface area contributed by atoms with Crippen molar-refractivity contribution < 1.29 is 9.21 Å². The van der Waals surface area contributed by atoms with Gasteiger partial charge in [-0.05, 0) is 62.2 Å². The van der Waals surface area contributed by atoms with Gasteiger partial charge in [0.1, 0.15) is 11.8 Å². The molecule has 27 heavy (non-hydrogen) atoms. The first kappa shape index (κ1) is 18.4.